The van der Waals surface area contributed by atoms with Crippen LogP contribution in [0.3, 0.4) is 0 Å². The van der Waals surface area contributed by atoms with Crippen molar-refractivity contribution in [1.29, 1.82) is 0 Å². The largest absolute Gasteiger partial charge is 0.347 e. The number of anilines is 1. The highest BCUT2D eigenvalue weighted by molar-refractivity contribution is 7.09. The molecule has 1 aliphatic heterocycles. The molecule has 1 aromatic rings. The first-order chi connectivity index (χ1) is 8.33. The summed E-state index contributed by atoms with van der Waals surface area (Å²) in [6.45, 7) is 4.39. The first kappa shape index (κ1) is 13.1. The molecule has 0 aliphatic carbocycles. The molecule has 2 heterocycles. The predicted molar refractivity (Wildman–Crippen MR) is 74.2 cm³/mol. The fraction of sp³-hybridized carbons (Fsp3) is 0.833. The van der Waals surface area contributed by atoms with E-state index in [9.17, 15) is 0 Å². The Bertz CT molecular complexity index is 340. The van der Waals surface area contributed by atoms with Crippen LogP contribution >= 0.6 is 23.1 Å². The van der Waals surface area contributed by atoms with Crippen LogP contribution in [0.5, 0.6) is 0 Å². The van der Waals surface area contributed by atoms with Gasteiger partial charge in [-0.3, -0.25) is 0 Å². The predicted octanol–water partition coefficient (Wildman–Crippen LogP) is 3.34. The van der Waals surface area contributed by atoms with E-state index in [0.717, 1.165) is 55.1 Å². The third kappa shape index (κ3) is 3.55. The summed E-state index contributed by atoms with van der Waals surface area (Å²) in [6, 6.07) is 0. The molecule has 1 aromatic heterocycles. The number of halogens is 1. The topological polar surface area (TPSA) is 29.0 Å². The summed E-state index contributed by atoms with van der Waals surface area (Å²) in [5.41, 5.74) is 0. The van der Waals surface area contributed by atoms with Crippen LogP contribution in [0.1, 0.15) is 38.4 Å². The molecule has 17 heavy (non-hydrogen) atoms. The maximum absolute atomic E-state index is 5.83. The van der Waals surface area contributed by atoms with Crippen molar-refractivity contribution in [2.75, 3.05) is 23.9 Å². The molecule has 3 nitrogen and oxygen atoms in total. The lowest BCUT2D eigenvalue weighted by molar-refractivity contribution is 0.406. The van der Waals surface area contributed by atoms with E-state index in [1.807, 2.05) is 0 Å². The van der Waals surface area contributed by atoms with Crippen molar-refractivity contribution in [3.8, 4) is 0 Å². The number of hydrogen-bond acceptors (Lipinski definition) is 4. The Kier molecular flexibility index (Phi) is 5.04. The van der Waals surface area contributed by atoms with Crippen molar-refractivity contribution in [1.82, 2.24) is 9.36 Å². The minimum absolute atomic E-state index is 0.736. The van der Waals surface area contributed by atoms with Crippen molar-refractivity contribution in [3.05, 3.63) is 5.82 Å². The van der Waals surface area contributed by atoms with Crippen molar-refractivity contribution < 1.29 is 0 Å². The molecule has 96 valence electrons. The zero-order valence-corrected chi connectivity index (χ0v) is 11.9. The molecular formula is C12H20ClN3S. The van der Waals surface area contributed by atoms with Gasteiger partial charge in [0.25, 0.3) is 0 Å². The Morgan fingerprint density at radius 1 is 1.53 bits per heavy atom. The zero-order valence-electron chi connectivity index (χ0n) is 10.4. The second kappa shape index (κ2) is 6.55. The number of hydrogen-bond donors (Lipinski definition) is 0. The molecule has 0 radical (unpaired) electrons. The number of piperidine rings is 1. The first-order valence-electron chi connectivity index (χ1n) is 6.47. The van der Waals surface area contributed by atoms with Gasteiger partial charge in [0.2, 0.25) is 5.13 Å². The lowest BCUT2D eigenvalue weighted by Crippen LogP contribution is -2.35. The van der Waals surface area contributed by atoms with Gasteiger partial charge in [0.15, 0.2) is 0 Å². The van der Waals surface area contributed by atoms with Gasteiger partial charge in [0, 0.05) is 36.9 Å². The molecular weight excluding hydrogens is 254 g/mol. The molecule has 0 amide bonds. The van der Waals surface area contributed by atoms with Crippen LogP contribution in [0.25, 0.3) is 0 Å². The Morgan fingerprint density at radius 3 is 3.18 bits per heavy atom. The van der Waals surface area contributed by atoms with Crippen molar-refractivity contribution in [2.45, 2.75) is 39.0 Å². The van der Waals surface area contributed by atoms with Crippen molar-refractivity contribution in [3.63, 3.8) is 0 Å². The molecule has 0 spiro atoms. The quantitative estimate of drug-likeness (QED) is 0.771. The number of aromatic nitrogens is 2. The molecule has 0 N–H and O–H groups in total. The summed E-state index contributed by atoms with van der Waals surface area (Å²) in [5, 5.41) is 1.10. The number of alkyl halides is 1. The van der Waals surface area contributed by atoms with Crippen LogP contribution < -0.4 is 4.90 Å². The van der Waals surface area contributed by atoms with Crippen LogP contribution in [0.2, 0.25) is 0 Å². The highest BCUT2D eigenvalue weighted by atomic mass is 35.5. The van der Waals surface area contributed by atoms with Gasteiger partial charge in [0.1, 0.15) is 5.82 Å². The Hall–Kier alpha value is -0.350. The monoisotopic (exact) mass is 273 g/mol. The summed E-state index contributed by atoms with van der Waals surface area (Å²) >= 11 is 7.38. The van der Waals surface area contributed by atoms with E-state index in [0.29, 0.717) is 0 Å². The van der Waals surface area contributed by atoms with Gasteiger partial charge in [-0.05, 0) is 31.6 Å². The highest BCUT2D eigenvalue weighted by Gasteiger charge is 2.21. The fourth-order valence-electron chi connectivity index (χ4n) is 2.33. The summed E-state index contributed by atoms with van der Waals surface area (Å²) in [6.07, 6.45) is 5.80. The Morgan fingerprint density at radius 2 is 2.41 bits per heavy atom. The lowest BCUT2D eigenvalue weighted by atomic mass is 9.96. The van der Waals surface area contributed by atoms with Gasteiger partial charge in [-0.1, -0.05) is 6.92 Å². The maximum Gasteiger partial charge on any atom is 0.205 e. The Labute approximate surface area is 112 Å². The van der Waals surface area contributed by atoms with E-state index in [1.54, 1.807) is 11.5 Å². The lowest BCUT2D eigenvalue weighted by Gasteiger charge is -2.31. The SMILES string of the molecule is CCCc1nsc(N2CCCC(CCCl)C2)n1. The second-order valence-electron chi connectivity index (χ2n) is 4.68. The standard InChI is InChI=1S/C12H20ClN3S/c1-2-4-11-14-12(17-15-11)16-8-3-5-10(9-16)6-7-13/h10H,2-9H2,1H3. The molecule has 5 heteroatoms. The molecule has 1 unspecified atom stereocenters. The van der Waals surface area contributed by atoms with E-state index in [1.165, 1.54) is 12.8 Å². The summed E-state index contributed by atoms with van der Waals surface area (Å²) < 4.78 is 4.41. The molecule has 0 aromatic carbocycles. The van der Waals surface area contributed by atoms with E-state index in [4.69, 9.17) is 11.6 Å². The minimum Gasteiger partial charge on any atom is -0.347 e. The third-order valence-corrected chi connectivity index (χ3v) is 4.27. The maximum atomic E-state index is 5.83. The number of rotatable bonds is 5. The van der Waals surface area contributed by atoms with Crippen LogP contribution in [0.4, 0.5) is 5.13 Å². The summed E-state index contributed by atoms with van der Waals surface area (Å²) in [7, 11) is 0. The number of nitrogens with zero attached hydrogens (tertiary/aromatic N) is 3. The second-order valence-corrected chi connectivity index (χ2v) is 5.78. The zero-order chi connectivity index (χ0) is 12.1. The fourth-order valence-corrected chi connectivity index (χ4v) is 3.38. The smallest absolute Gasteiger partial charge is 0.205 e. The molecule has 1 atom stereocenters. The van der Waals surface area contributed by atoms with Gasteiger partial charge in [-0.2, -0.15) is 4.37 Å². The molecule has 0 saturated carbocycles. The average Bonchev–Trinajstić information content (AvgIpc) is 2.79. The van der Waals surface area contributed by atoms with Crippen LogP contribution in [-0.2, 0) is 6.42 Å². The van der Waals surface area contributed by atoms with E-state index < -0.39 is 0 Å². The van der Waals surface area contributed by atoms with E-state index in [2.05, 4.69) is 21.2 Å². The molecule has 2 rings (SSSR count). The van der Waals surface area contributed by atoms with Crippen LogP contribution in [0, 0.1) is 5.92 Å². The van der Waals surface area contributed by atoms with Gasteiger partial charge < -0.3 is 4.90 Å². The molecule has 1 aliphatic rings. The summed E-state index contributed by atoms with van der Waals surface area (Å²) in [5.74, 6) is 2.52. The van der Waals surface area contributed by atoms with E-state index in [-0.39, 0.29) is 0 Å². The normalized spacial score (nSPS) is 20.8. The van der Waals surface area contributed by atoms with Crippen molar-refractivity contribution >= 4 is 28.3 Å². The highest BCUT2D eigenvalue weighted by Crippen LogP contribution is 2.26. The average molecular weight is 274 g/mol. The third-order valence-electron chi connectivity index (χ3n) is 3.24. The van der Waals surface area contributed by atoms with Gasteiger partial charge in [0.05, 0.1) is 0 Å². The van der Waals surface area contributed by atoms with Gasteiger partial charge in [-0.15, -0.1) is 11.6 Å². The Balaban J connectivity index is 1.95. The van der Waals surface area contributed by atoms with Crippen molar-refractivity contribution in [2.24, 2.45) is 5.92 Å². The molecule has 0 bridgehead atoms. The summed E-state index contributed by atoms with van der Waals surface area (Å²) in [4.78, 5) is 7.01. The van der Waals surface area contributed by atoms with Gasteiger partial charge in [-0.25, -0.2) is 4.98 Å². The van der Waals surface area contributed by atoms with Crippen LogP contribution in [0.15, 0.2) is 0 Å². The molecule has 1 saturated heterocycles. The van der Waals surface area contributed by atoms with Gasteiger partial charge >= 0.3 is 0 Å². The number of aryl methyl sites for hydroxylation is 1. The molecule has 1 fully saturated rings. The van der Waals surface area contributed by atoms with Crippen LogP contribution in [-0.4, -0.2) is 28.3 Å². The first-order valence-corrected chi connectivity index (χ1v) is 7.77. The minimum atomic E-state index is 0.736. The van der Waals surface area contributed by atoms with E-state index >= 15 is 0 Å².